The second-order valence-electron chi connectivity index (χ2n) is 4.35. The van der Waals surface area contributed by atoms with Gasteiger partial charge in [0.05, 0.1) is 5.25 Å². The van der Waals surface area contributed by atoms with Crippen LogP contribution in [0.4, 0.5) is 0 Å². The van der Waals surface area contributed by atoms with E-state index in [0.717, 1.165) is 24.3 Å². The highest BCUT2D eigenvalue weighted by atomic mass is 32.2. The minimum Gasteiger partial charge on any atom is -0.369 e. The van der Waals surface area contributed by atoms with Gasteiger partial charge in [0.2, 0.25) is 5.91 Å². The molecule has 3 nitrogen and oxygen atoms in total. The molecule has 0 aliphatic carbocycles. The zero-order valence-electron chi connectivity index (χ0n) is 9.76. The van der Waals surface area contributed by atoms with Gasteiger partial charge in [-0.2, -0.15) is 0 Å². The SMILES string of the molecule is NC(=O)C(CC1CCCN1)Sc1ccccc1. The highest BCUT2D eigenvalue weighted by Gasteiger charge is 2.23. The van der Waals surface area contributed by atoms with Crippen LogP contribution in [0.1, 0.15) is 19.3 Å². The average molecular weight is 250 g/mol. The number of benzene rings is 1. The number of nitrogens with one attached hydrogen (secondary N) is 1. The van der Waals surface area contributed by atoms with Crippen molar-refractivity contribution in [1.29, 1.82) is 0 Å². The van der Waals surface area contributed by atoms with E-state index >= 15 is 0 Å². The highest BCUT2D eigenvalue weighted by molar-refractivity contribution is 8.00. The lowest BCUT2D eigenvalue weighted by Crippen LogP contribution is -2.33. The molecule has 17 heavy (non-hydrogen) atoms. The van der Waals surface area contributed by atoms with Crippen LogP contribution in [0.3, 0.4) is 0 Å². The lowest BCUT2D eigenvalue weighted by atomic mass is 10.1. The summed E-state index contributed by atoms with van der Waals surface area (Å²) in [6, 6.07) is 10.4. The number of amides is 1. The van der Waals surface area contributed by atoms with E-state index in [9.17, 15) is 4.79 Å². The van der Waals surface area contributed by atoms with E-state index < -0.39 is 0 Å². The third-order valence-corrected chi connectivity index (χ3v) is 4.25. The summed E-state index contributed by atoms with van der Waals surface area (Å²) in [5.41, 5.74) is 5.48. The Hall–Kier alpha value is -1.00. The molecular weight excluding hydrogens is 232 g/mol. The van der Waals surface area contributed by atoms with Crippen molar-refractivity contribution in [2.75, 3.05) is 6.54 Å². The number of hydrogen-bond donors (Lipinski definition) is 2. The maximum absolute atomic E-state index is 11.5. The number of carbonyl (C=O) groups is 1. The predicted molar refractivity (Wildman–Crippen MR) is 70.9 cm³/mol. The molecule has 1 amide bonds. The van der Waals surface area contributed by atoms with Crippen LogP contribution in [0.2, 0.25) is 0 Å². The quantitative estimate of drug-likeness (QED) is 0.783. The lowest BCUT2D eigenvalue weighted by molar-refractivity contribution is -0.117. The van der Waals surface area contributed by atoms with Gasteiger partial charge in [-0.15, -0.1) is 11.8 Å². The van der Waals surface area contributed by atoms with Crippen molar-refractivity contribution in [2.24, 2.45) is 5.73 Å². The number of primary amides is 1. The number of nitrogens with two attached hydrogens (primary N) is 1. The summed E-state index contributed by atoms with van der Waals surface area (Å²) in [4.78, 5) is 12.6. The van der Waals surface area contributed by atoms with Crippen molar-refractivity contribution >= 4 is 17.7 Å². The molecule has 0 spiro atoms. The van der Waals surface area contributed by atoms with Gasteiger partial charge in [-0.25, -0.2) is 0 Å². The monoisotopic (exact) mass is 250 g/mol. The van der Waals surface area contributed by atoms with Crippen molar-refractivity contribution in [1.82, 2.24) is 5.32 Å². The van der Waals surface area contributed by atoms with E-state index in [1.54, 1.807) is 11.8 Å². The predicted octanol–water partition coefficient (Wildman–Crippen LogP) is 1.77. The topological polar surface area (TPSA) is 55.1 Å². The summed E-state index contributed by atoms with van der Waals surface area (Å²) in [6.07, 6.45) is 3.18. The minimum atomic E-state index is -0.215. The first-order chi connectivity index (χ1) is 8.25. The number of rotatable bonds is 5. The maximum atomic E-state index is 11.5. The van der Waals surface area contributed by atoms with Crippen LogP contribution in [0, 0.1) is 0 Å². The molecule has 92 valence electrons. The molecule has 2 rings (SSSR count). The van der Waals surface area contributed by atoms with Gasteiger partial charge in [-0.05, 0) is 37.9 Å². The van der Waals surface area contributed by atoms with Gasteiger partial charge in [0, 0.05) is 10.9 Å². The van der Waals surface area contributed by atoms with Gasteiger partial charge in [0.25, 0.3) is 0 Å². The average Bonchev–Trinajstić information content (AvgIpc) is 2.82. The van der Waals surface area contributed by atoms with Crippen LogP contribution in [0.15, 0.2) is 35.2 Å². The number of carbonyl (C=O) groups excluding carboxylic acids is 1. The fourth-order valence-electron chi connectivity index (χ4n) is 2.10. The van der Waals surface area contributed by atoms with Gasteiger partial charge < -0.3 is 11.1 Å². The van der Waals surface area contributed by atoms with Crippen LogP contribution < -0.4 is 11.1 Å². The molecular formula is C13H18N2OS. The van der Waals surface area contributed by atoms with Crippen LogP contribution in [0.25, 0.3) is 0 Å². The molecule has 0 bridgehead atoms. The number of thioether (sulfide) groups is 1. The van der Waals surface area contributed by atoms with Gasteiger partial charge in [0.1, 0.15) is 0 Å². The maximum Gasteiger partial charge on any atom is 0.230 e. The molecule has 1 saturated heterocycles. The Kier molecular flexibility index (Phi) is 4.45. The van der Waals surface area contributed by atoms with Crippen molar-refractivity contribution in [3.8, 4) is 0 Å². The van der Waals surface area contributed by atoms with E-state index in [2.05, 4.69) is 5.32 Å². The van der Waals surface area contributed by atoms with Crippen LogP contribution >= 0.6 is 11.8 Å². The van der Waals surface area contributed by atoms with Crippen LogP contribution in [-0.2, 0) is 4.79 Å². The molecule has 2 unspecified atom stereocenters. The molecule has 1 aromatic rings. The molecule has 4 heteroatoms. The van der Waals surface area contributed by atoms with Gasteiger partial charge in [0.15, 0.2) is 0 Å². The highest BCUT2D eigenvalue weighted by Crippen LogP contribution is 2.27. The lowest BCUT2D eigenvalue weighted by Gasteiger charge is -2.17. The minimum absolute atomic E-state index is 0.131. The second-order valence-corrected chi connectivity index (χ2v) is 5.63. The Bertz CT molecular complexity index is 363. The smallest absolute Gasteiger partial charge is 0.230 e. The van der Waals surface area contributed by atoms with Gasteiger partial charge >= 0.3 is 0 Å². The largest absolute Gasteiger partial charge is 0.369 e. The van der Waals surface area contributed by atoms with E-state index in [1.807, 2.05) is 30.3 Å². The van der Waals surface area contributed by atoms with E-state index in [0.29, 0.717) is 6.04 Å². The van der Waals surface area contributed by atoms with Crippen LogP contribution in [0.5, 0.6) is 0 Å². The van der Waals surface area contributed by atoms with E-state index in [1.165, 1.54) is 6.42 Å². The van der Waals surface area contributed by atoms with Crippen molar-refractivity contribution in [3.05, 3.63) is 30.3 Å². The summed E-state index contributed by atoms with van der Waals surface area (Å²) in [6.45, 7) is 1.06. The molecule has 1 heterocycles. The fourth-order valence-corrected chi connectivity index (χ4v) is 3.19. The molecule has 0 radical (unpaired) electrons. The van der Waals surface area contributed by atoms with Crippen LogP contribution in [-0.4, -0.2) is 23.7 Å². The summed E-state index contributed by atoms with van der Waals surface area (Å²) in [5.74, 6) is -0.215. The molecule has 0 aromatic heterocycles. The third kappa shape index (κ3) is 3.75. The summed E-state index contributed by atoms with van der Waals surface area (Å²) in [5, 5.41) is 3.28. The molecule has 1 fully saturated rings. The third-order valence-electron chi connectivity index (χ3n) is 3.00. The molecule has 1 aromatic carbocycles. The van der Waals surface area contributed by atoms with Gasteiger partial charge in [-0.1, -0.05) is 18.2 Å². The molecule has 1 aliphatic rings. The standard InChI is InChI=1S/C13H18N2OS/c14-13(16)12(9-10-5-4-8-15-10)17-11-6-2-1-3-7-11/h1-3,6-7,10,12,15H,4-5,8-9H2,(H2,14,16). The Labute approximate surface area is 106 Å². The normalized spacial score (nSPS) is 21.3. The second kappa shape index (κ2) is 6.07. The zero-order valence-corrected chi connectivity index (χ0v) is 10.6. The van der Waals surface area contributed by atoms with Crippen molar-refractivity contribution < 1.29 is 4.79 Å². The van der Waals surface area contributed by atoms with Gasteiger partial charge in [-0.3, -0.25) is 4.79 Å². The molecule has 2 atom stereocenters. The van der Waals surface area contributed by atoms with Crippen molar-refractivity contribution in [2.45, 2.75) is 35.4 Å². The fraction of sp³-hybridized carbons (Fsp3) is 0.462. The summed E-state index contributed by atoms with van der Waals surface area (Å²) < 4.78 is 0. The Morgan fingerprint density at radius 3 is 2.82 bits per heavy atom. The first kappa shape index (κ1) is 12.5. The molecule has 3 N–H and O–H groups in total. The Morgan fingerprint density at radius 2 is 2.24 bits per heavy atom. The van der Waals surface area contributed by atoms with Crippen molar-refractivity contribution in [3.63, 3.8) is 0 Å². The Morgan fingerprint density at radius 1 is 1.47 bits per heavy atom. The Balaban J connectivity index is 1.95. The number of hydrogen-bond acceptors (Lipinski definition) is 3. The first-order valence-electron chi connectivity index (χ1n) is 6.00. The van der Waals surface area contributed by atoms with E-state index in [-0.39, 0.29) is 11.2 Å². The first-order valence-corrected chi connectivity index (χ1v) is 6.88. The van der Waals surface area contributed by atoms with E-state index in [4.69, 9.17) is 5.73 Å². The zero-order chi connectivity index (χ0) is 12.1. The summed E-state index contributed by atoms with van der Waals surface area (Å²) >= 11 is 1.57. The molecule has 0 saturated carbocycles. The summed E-state index contributed by atoms with van der Waals surface area (Å²) in [7, 11) is 0. The molecule has 1 aliphatic heterocycles.